The first-order chi connectivity index (χ1) is 36.9. The van der Waals surface area contributed by atoms with Crippen molar-refractivity contribution in [2.45, 2.75) is 143 Å². The van der Waals surface area contributed by atoms with Gasteiger partial charge in [0.15, 0.2) is 0 Å². The Morgan fingerprint density at radius 3 is 1.54 bits per heavy atom. The van der Waals surface area contributed by atoms with Gasteiger partial charge in [-0.15, -0.1) is 0 Å². The van der Waals surface area contributed by atoms with Crippen LogP contribution in [0.4, 0.5) is 51.2 Å². The lowest BCUT2D eigenvalue weighted by Gasteiger charge is -2.45. The summed E-state index contributed by atoms with van der Waals surface area (Å²) in [6.45, 7) is 32.9. The van der Waals surface area contributed by atoms with Crippen molar-refractivity contribution in [1.29, 1.82) is 0 Å². The van der Waals surface area contributed by atoms with Crippen molar-refractivity contribution in [3.05, 3.63) is 214 Å². The van der Waals surface area contributed by atoms with Crippen molar-refractivity contribution < 1.29 is 0 Å². The van der Waals surface area contributed by atoms with E-state index in [9.17, 15) is 0 Å². The molecule has 0 saturated heterocycles. The Kier molecular flexibility index (Phi) is 11.2. The minimum Gasteiger partial charge on any atom is -0.311 e. The van der Waals surface area contributed by atoms with Crippen molar-refractivity contribution in [2.24, 2.45) is 0 Å². The van der Waals surface area contributed by atoms with E-state index in [4.69, 9.17) is 0 Å². The lowest BCUT2D eigenvalue weighted by molar-refractivity contribution is 0.590. The highest BCUT2D eigenvalue weighted by molar-refractivity contribution is 7.00. The monoisotopic (exact) mass is 1020 g/mol. The van der Waals surface area contributed by atoms with Gasteiger partial charge in [-0.2, -0.15) is 0 Å². The molecule has 9 aromatic carbocycles. The minimum atomic E-state index is -0.157. The fourth-order valence-corrected chi connectivity index (χ4v) is 13.8. The second kappa shape index (κ2) is 17.4. The highest BCUT2D eigenvalue weighted by atomic mass is 15.2. The zero-order valence-corrected chi connectivity index (χ0v) is 48.7. The predicted octanol–water partition coefficient (Wildman–Crippen LogP) is 18.4. The van der Waals surface area contributed by atoms with Crippen molar-refractivity contribution in [1.82, 2.24) is 0 Å². The molecule has 0 aromatic heterocycles. The first-order valence-corrected chi connectivity index (χ1v) is 28.8. The lowest BCUT2D eigenvalue weighted by atomic mass is 9.33. The summed E-state index contributed by atoms with van der Waals surface area (Å²) >= 11 is 0. The second-order valence-corrected chi connectivity index (χ2v) is 27.8. The Morgan fingerprint density at radius 1 is 0.423 bits per heavy atom. The van der Waals surface area contributed by atoms with Crippen LogP contribution in [0.15, 0.2) is 170 Å². The van der Waals surface area contributed by atoms with Gasteiger partial charge in [-0.25, -0.2) is 0 Å². The van der Waals surface area contributed by atoms with Gasteiger partial charge in [0.1, 0.15) is 0 Å². The van der Waals surface area contributed by atoms with Gasteiger partial charge in [0, 0.05) is 50.9 Å². The molecule has 3 nitrogen and oxygen atoms in total. The molecule has 0 unspecified atom stereocenters. The number of benzene rings is 9. The third-order valence-electron chi connectivity index (χ3n) is 18.2. The fraction of sp³-hybridized carbons (Fsp3) is 0.297. The molecule has 0 amide bonds. The lowest BCUT2D eigenvalue weighted by Crippen LogP contribution is -2.61. The van der Waals surface area contributed by atoms with Gasteiger partial charge in [-0.1, -0.05) is 194 Å². The number of hydrogen-bond donors (Lipinski definition) is 0. The van der Waals surface area contributed by atoms with Crippen LogP contribution in [-0.4, -0.2) is 6.71 Å². The van der Waals surface area contributed by atoms with Gasteiger partial charge in [-0.3, -0.25) is 0 Å². The zero-order chi connectivity index (χ0) is 54.6. The van der Waals surface area contributed by atoms with Crippen LogP contribution in [0.1, 0.15) is 148 Å². The van der Waals surface area contributed by atoms with Gasteiger partial charge in [0.25, 0.3) is 6.71 Å². The predicted molar refractivity (Wildman–Crippen MR) is 337 cm³/mol. The molecule has 0 atom stereocenters. The van der Waals surface area contributed by atoms with Crippen molar-refractivity contribution >= 4 is 85.1 Å². The first-order valence-electron chi connectivity index (χ1n) is 28.8. The van der Waals surface area contributed by atoms with Gasteiger partial charge >= 0.3 is 0 Å². The molecule has 2 heterocycles. The Bertz CT molecular complexity index is 3890. The summed E-state index contributed by atoms with van der Waals surface area (Å²) in [6, 6.07) is 66.8. The van der Waals surface area contributed by atoms with Crippen LogP contribution in [0.5, 0.6) is 0 Å². The van der Waals surface area contributed by atoms with Gasteiger partial charge < -0.3 is 14.7 Å². The minimum absolute atomic E-state index is 0.000700. The van der Waals surface area contributed by atoms with Crippen LogP contribution in [0.2, 0.25) is 0 Å². The maximum absolute atomic E-state index is 2.67. The van der Waals surface area contributed by atoms with Crippen LogP contribution >= 0.6 is 0 Å². The van der Waals surface area contributed by atoms with Crippen molar-refractivity contribution in [2.75, 3.05) is 14.7 Å². The number of rotatable bonds is 5. The SMILES string of the molecule is CC(C)(C)c1ccc(N(c2cc3c4c(c2)N(c2ccc(C(C)(C)C)cc2)c2cc5c(cc2B4c2cc(C(C)(C)C)ccc2N3c2ccc(C(C)(C)C)cc2)C(C)(C)c2c-5ccc3c2CCC3)c2ccc3ccccc3c2)cc1. The molecule has 0 spiro atoms. The molecule has 2 aliphatic heterocycles. The molecule has 4 heteroatoms. The van der Waals surface area contributed by atoms with Crippen LogP contribution in [0.3, 0.4) is 0 Å². The molecule has 4 aliphatic rings. The molecule has 9 aromatic rings. The number of nitrogens with zero attached hydrogens (tertiary/aromatic N) is 3. The van der Waals surface area contributed by atoms with E-state index in [1.54, 1.807) is 16.7 Å². The summed E-state index contributed by atoms with van der Waals surface area (Å²) in [5, 5.41) is 2.44. The quantitative estimate of drug-likeness (QED) is 0.159. The van der Waals surface area contributed by atoms with Crippen LogP contribution in [0.25, 0.3) is 21.9 Å². The highest BCUT2D eigenvalue weighted by Crippen LogP contribution is 2.55. The smallest absolute Gasteiger partial charge is 0.252 e. The number of anilines is 9. The molecule has 2 aliphatic carbocycles. The Morgan fingerprint density at radius 2 is 0.949 bits per heavy atom. The van der Waals surface area contributed by atoms with E-state index in [0.29, 0.717) is 0 Å². The third-order valence-corrected chi connectivity index (χ3v) is 18.2. The molecule has 0 saturated carbocycles. The first kappa shape index (κ1) is 50.2. The molecule has 78 heavy (non-hydrogen) atoms. The summed E-state index contributed by atoms with van der Waals surface area (Å²) in [5.41, 5.74) is 28.6. The molecule has 0 fully saturated rings. The summed E-state index contributed by atoms with van der Waals surface area (Å²) < 4.78 is 0. The van der Waals surface area contributed by atoms with E-state index in [0.717, 1.165) is 34.9 Å². The molecular formula is C74H76BN3. The summed E-state index contributed by atoms with van der Waals surface area (Å²) in [4.78, 5) is 7.78. The molecule has 0 bridgehead atoms. The topological polar surface area (TPSA) is 9.72 Å². The fourth-order valence-electron chi connectivity index (χ4n) is 13.8. The number of hydrogen-bond acceptors (Lipinski definition) is 3. The van der Waals surface area contributed by atoms with E-state index in [-0.39, 0.29) is 33.8 Å². The molecule has 0 N–H and O–H groups in total. The van der Waals surface area contributed by atoms with E-state index in [1.807, 2.05) is 0 Å². The zero-order valence-electron chi connectivity index (χ0n) is 48.7. The third kappa shape index (κ3) is 7.98. The summed E-state index contributed by atoms with van der Waals surface area (Å²) in [6.07, 6.45) is 3.56. The number of aryl methyl sites for hydroxylation is 1. The molecule has 0 radical (unpaired) electrons. The average Bonchev–Trinajstić information content (AvgIpc) is 3.92. The maximum atomic E-state index is 2.67. The van der Waals surface area contributed by atoms with Gasteiger partial charge in [0.05, 0.1) is 5.69 Å². The van der Waals surface area contributed by atoms with Crippen molar-refractivity contribution in [3.63, 3.8) is 0 Å². The van der Waals surface area contributed by atoms with E-state index in [2.05, 4.69) is 281 Å². The number of fused-ring (bicyclic) bond motifs is 10. The van der Waals surface area contributed by atoms with E-state index >= 15 is 0 Å². The Labute approximate surface area is 466 Å². The highest BCUT2D eigenvalue weighted by Gasteiger charge is 2.48. The maximum Gasteiger partial charge on any atom is 0.252 e. The van der Waals surface area contributed by atoms with Crippen LogP contribution < -0.4 is 31.1 Å². The van der Waals surface area contributed by atoms with Crippen LogP contribution in [0, 0.1) is 0 Å². The average molecular weight is 1020 g/mol. The Balaban J connectivity index is 1.16. The molecule has 390 valence electrons. The van der Waals surface area contributed by atoms with E-state index in [1.165, 1.54) is 102 Å². The largest absolute Gasteiger partial charge is 0.311 e. The van der Waals surface area contributed by atoms with Gasteiger partial charge in [0.2, 0.25) is 0 Å². The molecule has 13 rings (SSSR count). The summed E-state index contributed by atoms with van der Waals surface area (Å²) in [7, 11) is 0. The standard InChI is InChI=1S/C74H76BN3/c1-70(2,3)49-24-32-53(33-25-49)76(56-31-22-46-18-15-16-19-48(46)40-56)57-42-66-69-67(43-57)78(55-36-28-51(29-37-55)72(7,8)9)65-44-60-59-38-23-47-20-17-21-58(47)68(59)74(13,14)61(60)45-63(65)75(69)62-41-52(73(10,11)12)30-39-64(62)77(66)54-34-26-50(27-35-54)71(4,5)6/h15-16,18-19,22-45H,17,20-21H2,1-14H3. The van der Waals surface area contributed by atoms with E-state index < -0.39 is 0 Å². The molecular weight excluding hydrogens is 942 g/mol. The summed E-state index contributed by atoms with van der Waals surface area (Å²) in [5.74, 6) is 0. The Hall–Kier alpha value is -7.30. The normalized spacial score (nSPS) is 15.2. The van der Waals surface area contributed by atoms with Gasteiger partial charge in [-0.05, 0) is 197 Å². The second-order valence-electron chi connectivity index (χ2n) is 27.8. The van der Waals surface area contributed by atoms with Crippen molar-refractivity contribution in [3.8, 4) is 11.1 Å². The van der Waals surface area contributed by atoms with Crippen LogP contribution in [-0.2, 0) is 39.9 Å².